The Balaban J connectivity index is 1.56. The van der Waals surface area contributed by atoms with E-state index in [1.54, 1.807) is 11.0 Å². The minimum Gasteiger partial charge on any atom is -0.368 e. The first-order valence-corrected chi connectivity index (χ1v) is 9.74. The fourth-order valence-corrected chi connectivity index (χ4v) is 4.04. The van der Waals surface area contributed by atoms with E-state index in [9.17, 15) is 9.59 Å². The number of carbonyl (C=O) groups is 1. The van der Waals surface area contributed by atoms with Gasteiger partial charge in [0.1, 0.15) is 5.56 Å². The van der Waals surface area contributed by atoms with E-state index in [2.05, 4.69) is 9.88 Å². The molecular formula is C22H22ClN3O2. The molecule has 2 aromatic carbocycles. The first-order chi connectivity index (χ1) is 13.4. The molecule has 0 atom stereocenters. The number of fused-ring (bicyclic) bond motifs is 1. The van der Waals surface area contributed by atoms with Crippen LogP contribution in [0.2, 0.25) is 5.02 Å². The molecule has 1 aliphatic rings. The topological polar surface area (TPSA) is 56.4 Å². The van der Waals surface area contributed by atoms with Gasteiger partial charge < -0.3 is 14.8 Å². The smallest absolute Gasteiger partial charge is 0.261 e. The molecule has 1 fully saturated rings. The molecule has 5 nitrogen and oxygen atoms in total. The number of anilines is 1. The molecule has 3 aromatic rings. The van der Waals surface area contributed by atoms with E-state index in [-0.39, 0.29) is 17.0 Å². The molecule has 6 heteroatoms. The maximum absolute atomic E-state index is 13.0. The van der Waals surface area contributed by atoms with Crippen molar-refractivity contribution in [3.05, 3.63) is 74.5 Å². The Bertz CT molecular complexity index is 1110. The maximum Gasteiger partial charge on any atom is 0.261 e. The van der Waals surface area contributed by atoms with Crippen molar-refractivity contribution in [2.24, 2.45) is 0 Å². The monoisotopic (exact) mass is 395 g/mol. The Morgan fingerprint density at radius 2 is 1.79 bits per heavy atom. The van der Waals surface area contributed by atoms with Gasteiger partial charge in [0.25, 0.3) is 11.5 Å². The molecule has 144 valence electrons. The Labute approximate surface area is 168 Å². The number of amides is 1. The molecule has 4 rings (SSSR count). The number of halogens is 1. The van der Waals surface area contributed by atoms with Gasteiger partial charge in [-0.25, -0.2) is 0 Å². The normalized spacial score (nSPS) is 14.5. The van der Waals surface area contributed by atoms with E-state index in [0.29, 0.717) is 31.2 Å². The number of H-pyrrole nitrogens is 1. The van der Waals surface area contributed by atoms with Crippen LogP contribution in [0.4, 0.5) is 5.69 Å². The molecule has 28 heavy (non-hydrogen) atoms. The van der Waals surface area contributed by atoms with E-state index in [0.717, 1.165) is 27.7 Å². The van der Waals surface area contributed by atoms with Crippen LogP contribution in [0.25, 0.3) is 10.9 Å². The molecule has 0 radical (unpaired) electrons. The van der Waals surface area contributed by atoms with Gasteiger partial charge in [-0.05, 0) is 55.1 Å². The number of nitrogens with one attached hydrogen (secondary N) is 1. The molecular weight excluding hydrogens is 374 g/mol. The van der Waals surface area contributed by atoms with Gasteiger partial charge in [-0.3, -0.25) is 9.59 Å². The van der Waals surface area contributed by atoms with Gasteiger partial charge in [-0.15, -0.1) is 0 Å². The van der Waals surface area contributed by atoms with Gasteiger partial charge in [-0.1, -0.05) is 29.3 Å². The molecule has 2 heterocycles. The second kappa shape index (κ2) is 7.32. The van der Waals surface area contributed by atoms with E-state index < -0.39 is 0 Å². The van der Waals surface area contributed by atoms with E-state index in [4.69, 9.17) is 11.6 Å². The highest BCUT2D eigenvalue weighted by molar-refractivity contribution is 6.30. The van der Waals surface area contributed by atoms with Crippen LogP contribution in [0, 0.1) is 13.8 Å². The van der Waals surface area contributed by atoms with E-state index in [1.807, 2.05) is 50.2 Å². The van der Waals surface area contributed by atoms with E-state index >= 15 is 0 Å². The highest BCUT2D eigenvalue weighted by Crippen LogP contribution is 2.22. The number of aromatic nitrogens is 1. The van der Waals surface area contributed by atoms with Crippen LogP contribution in [0.1, 0.15) is 21.5 Å². The van der Waals surface area contributed by atoms with Crippen molar-refractivity contribution in [3.63, 3.8) is 0 Å². The van der Waals surface area contributed by atoms with Gasteiger partial charge in [-0.2, -0.15) is 0 Å². The van der Waals surface area contributed by atoms with Crippen LogP contribution in [-0.4, -0.2) is 42.0 Å². The summed E-state index contributed by atoms with van der Waals surface area (Å²) < 4.78 is 0. The van der Waals surface area contributed by atoms with Crippen molar-refractivity contribution in [2.75, 3.05) is 31.1 Å². The minimum absolute atomic E-state index is 0.203. The summed E-state index contributed by atoms with van der Waals surface area (Å²) in [7, 11) is 0. The van der Waals surface area contributed by atoms with Gasteiger partial charge in [0.05, 0.1) is 5.52 Å². The summed E-state index contributed by atoms with van der Waals surface area (Å²) in [5.74, 6) is -0.215. The fraction of sp³-hybridized carbons (Fsp3) is 0.273. The average molecular weight is 396 g/mol. The summed E-state index contributed by atoms with van der Waals surface area (Å²) in [5.41, 5.74) is 3.81. The first kappa shape index (κ1) is 18.6. The number of nitrogens with zero attached hydrogens (tertiary/aromatic N) is 2. The van der Waals surface area contributed by atoms with Crippen molar-refractivity contribution in [2.45, 2.75) is 13.8 Å². The predicted octanol–water partition coefficient (Wildman–Crippen LogP) is 3.76. The quantitative estimate of drug-likeness (QED) is 0.718. The van der Waals surface area contributed by atoms with Crippen LogP contribution in [0.3, 0.4) is 0 Å². The number of pyridine rings is 1. The molecule has 0 aliphatic carbocycles. The van der Waals surface area contributed by atoms with Crippen molar-refractivity contribution in [3.8, 4) is 0 Å². The number of hydrogen-bond acceptors (Lipinski definition) is 3. The highest BCUT2D eigenvalue weighted by atomic mass is 35.5. The molecule has 1 saturated heterocycles. The third-order valence-corrected chi connectivity index (χ3v) is 5.50. The Kier molecular flexibility index (Phi) is 4.85. The zero-order chi connectivity index (χ0) is 19.8. The molecule has 0 unspecified atom stereocenters. The van der Waals surface area contributed by atoms with Crippen LogP contribution in [-0.2, 0) is 0 Å². The molecule has 0 saturated carbocycles. The summed E-state index contributed by atoms with van der Waals surface area (Å²) in [6.07, 6.45) is 0. The first-order valence-electron chi connectivity index (χ1n) is 9.36. The lowest BCUT2D eigenvalue weighted by Gasteiger charge is -2.36. The van der Waals surface area contributed by atoms with Gasteiger partial charge in [0.2, 0.25) is 0 Å². The van der Waals surface area contributed by atoms with Crippen LogP contribution < -0.4 is 10.5 Å². The molecule has 0 spiro atoms. The summed E-state index contributed by atoms with van der Waals surface area (Å²) >= 11 is 6.08. The Hall–Kier alpha value is -2.79. The van der Waals surface area contributed by atoms with Crippen molar-refractivity contribution < 1.29 is 4.79 Å². The minimum atomic E-state index is -0.332. The summed E-state index contributed by atoms with van der Waals surface area (Å²) in [6, 6.07) is 13.5. The Morgan fingerprint density at radius 1 is 1.04 bits per heavy atom. The molecule has 1 amide bonds. The van der Waals surface area contributed by atoms with Crippen LogP contribution in [0.15, 0.2) is 47.3 Å². The molecule has 1 aliphatic heterocycles. The zero-order valence-corrected chi connectivity index (χ0v) is 16.7. The number of aromatic amines is 1. The summed E-state index contributed by atoms with van der Waals surface area (Å²) in [6.45, 7) is 6.51. The molecule has 0 bridgehead atoms. The molecule has 1 N–H and O–H groups in total. The number of rotatable bonds is 2. The highest BCUT2D eigenvalue weighted by Gasteiger charge is 2.24. The summed E-state index contributed by atoms with van der Waals surface area (Å²) in [4.78, 5) is 32.4. The van der Waals surface area contributed by atoms with Crippen molar-refractivity contribution in [1.82, 2.24) is 9.88 Å². The zero-order valence-electron chi connectivity index (χ0n) is 16.0. The molecule has 1 aromatic heterocycles. The maximum atomic E-state index is 13.0. The lowest BCUT2D eigenvalue weighted by Crippen LogP contribution is -2.49. The second-order valence-corrected chi connectivity index (χ2v) is 7.75. The number of carbonyl (C=O) groups excluding carboxylic acids is 1. The number of piperazine rings is 1. The van der Waals surface area contributed by atoms with Crippen molar-refractivity contribution >= 4 is 34.1 Å². The predicted molar refractivity (Wildman–Crippen MR) is 114 cm³/mol. The van der Waals surface area contributed by atoms with Crippen LogP contribution >= 0.6 is 11.6 Å². The number of benzene rings is 2. The SMILES string of the molecule is Cc1cc(C)c2[nH]c(=O)c(C(=O)N3CCN(c4cccc(Cl)c4)CC3)cc2c1. The standard InChI is InChI=1S/C22H22ClN3O2/c1-14-10-15(2)20-16(11-14)12-19(21(27)24-20)22(28)26-8-6-25(7-9-26)18-5-3-4-17(23)13-18/h3-5,10-13H,6-9H2,1-2H3,(H,24,27). The average Bonchev–Trinajstić information content (AvgIpc) is 2.68. The summed E-state index contributed by atoms with van der Waals surface area (Å²) in [5, 5.41) is 1.59. The van der Waals surface area contributed by atoms with Gasteiger partial charge in [0.15, 0.2) is 0 Å². The fourth-order valence-electron chi connectivity index (χ4n) is 3.86. The van der Waals surface area contributed by atoms with Crippen LogP contribution in [0.5, 0.6) is 0 Å². The van der Waals surface area contributed by atoms with Gasteiger partial charge >= 0.3 is 0 Å². The third-order valence-electron chi connectivity index (χ3n) is 5.26. The van der Waals surface area contributed by atoms with E-state index in [1.165, 1.54) is 0 Å². The third kappa shape index (κ3) is 3.50. The Morgan fingerprint density at radius 3 is 2.50 bits per heavy atom. The lowest BCUT2D eigenvalue weighted by atomic mass is 10.0. The largest absolute Gasteiger partial charge is 0.368 e. The lowest BCUT2D eigenvalue weighted by molar-refractivity contribution is 0.0745. The van der Waals surface area contributed by atoms with Gasteiger partial charge in [0, 0.05) is 36.9 Å². The second-order valence-electron chi connectivity index (χ2n) is 7.32. The number of hydrogen-bond donors (Lipinski definition) is 1. The number of aryl methyl sites for hydroxylation is 2. The van der Waals surface area contributed by atoms with Crippen molar-refractivity contribution in [1.29, 1.82) is 0 Å².